The van der Waals surface area contributed by atoms with Gasteiger partial charge in [0.2, 0.25) is 11.9 Å². The van der Waals surface area contributed by atoms with Crippen molar-refractivity contribution in [1.82, 2.24) is 19.5 Å². The van der Waals surface area contributed by atoms with Gasteiger partial charge >= 0.3 is 0 Å². The number of nitrogens with zero attached hydrogens (tertiary/aromatic N) is 4. The number of aromatic nitrogens is 4. The van der Waals surface area contributed by atoms with E-state index in [-0.39, 0.29) is 22.0 Å². The van der Waals surface area contributed by atoms with Crippen LogP contribution in [0.25, 0.3) is 0 Å². The van der Waals surface area contributed by atoms with Crippen molar-refractivity contribution >= 4 is 39.3 Å². The minimum atomic E-state index is -3.82. The van der Waals surface area contributed by atoms with Crippen LogP contribution < -0.4 is 10.0 Å². The number of rotatable bonds is 9. The predicted octanol–water partition coefficient (Wildman–Crippen LogP) is 3.00. The van der Waals surface area contributed by atoms with Crippen molar-refractivity contribution in [3.8, 4) is 0 Å². The molecule has 2 aromatic heterocycles. The molecule has 2 heterocycles. The van der Waals surface area contributed by atoms with Gasteiger partial charge in [-0.25, -0.2) is 28.1 Å². The fourth-order valence-electron chi connectivity index (χ4n) is 2.53. The molecule has 0 aliphatic heterocycles. The van der Waals surface area contributed by atoms with E-state index in [0.717, 1.165) is 18.1 Å². The van der Waals surface area contributed by atoms with Crippen LogP contribution in [0.15, 0.2) is 65.2 Å². The molecule has 158 valence electrons. The van der Waals surface area contributed by atoms with Gasteiger partial charge in [-0.2, -0.15) is 0 Å². The molecular weight excluding hydrogens is 424 g/mol. The second kappa shape index (κ2) is 9.72. The normalized spacial score (nSPS) is 12.3. The highest BCUT2D eigenvalue weighted by Crippen LogP contribution is 2.23. The van der Waals surface area contributed by atoms with E-state index in [2.05, 4.69) is 31.9 Å². The Morgan fingerprint density at radius 2 is 1.83 bits per heavy atom. The summed E-state index contributed by atoms with van der Waals surface area (Å²) in [5, 5.41) is 3.21. The van der Waals surface area contributed by atoms with Crippen molar-refractivity contribution in [3.63, 3.8) is 0 Å². The summed E-state index contributed by atoms with van der Waals surface area (Å²) in [5.74, 6) is -0.209. The van der Waals surface area contributed by atoms with E-state index >= 15 is 0 Å². The second-order valence-corrected chi connectivity index (χ2v) is 9.35. The molecule has 1 aromatic carbocycles. The molecule has 0 fully saturated rings. The molecule has 0 aliphatic rings. The van der Waals surface area contributed by atoms with Crippen LogP contribution >= 0.6 is 11.8 Å². The summed E-state index contributed by atoms with van der Waals surface area (Å²) in [6.45, 7) is 4.72. The lowest BCUT2D eigenvalue weighted by molar-refractivity contribution is -0.115. The maximum absolute atomic E-state index is 12.5. The Balaban J connectivity index is 1.62. The van der Waals surface area contributed by atoms with Crippen LogP contribution in [0.4, 0.5) is 11.6 Å². The zero-order chi connectivity index (χ0) is 21.6. The molecule has 2 N–H and O–H groups in total. The molecule has 0 saturated heterocycles. The summed E-state index contributed by atoms with van der Waals surface area (Å²) < 4.78 is 29.1. The van der Waals surface area contributed by atoms with Crippen LogP contribution in [-0.4, -0.2) is 39.1 Å². The van der Waals surface area contributed by atoms with E-state index in [1.807, 2.05) is 10.8 Å². The lowest BCUT2D eigenvalue weighted by Gasteiger charge is -2.13. The lowest BCUT2D eigenvalue weighted by Crippen LogP contribution is -2.23. The van der Waals surface area contributed by atoms with Crippen molar-refractivity contribution in [2.24, 2.45) is 0 Å². The van der Waals surface area contributed by atoms with Gasteiger partial charge < -0.3 is 9.88 Å². The Bertz CT molecular complexity index is 1080. The lowest BCUT2D eigenvalue weighted by atomic mass is 10.3. The first-order valence-corrected chi connectivity index (χ1v) is 11.6. The fourth-order valence-corrected chi connectivity index (χ4v) is 4.38. The molecule has 1 unspecified atom stereocenters. The van der Waals surface area contributed by atoms with E-state index in [1.165, 1.54) is 48.4 Å². The molecule has 9 nitrogen and oxygen atoms in total. The number of aryl methyl sites for hydroxylation is 1. The van der Waals surface area contributed by atoms with E-state index < -0.39 is 10.0 Å². The zero-order valence-corrected chi connectivity index (χ0v) is 18.2. The summed E-state index contributed by atoms with van der Waals surface area (Å²) >= 11 is 1.37. The monoisotopic (exact) mass is 446 g/mol. The number of sulfonamides is 1. The zero-order valence-electron chi connectivity index (χ0n) is 16.5. The Morgan fingerprint density at radius 3 is 2.50 bits per heavy atom. The second-order valence-electron chi connectivity index (χ2n) is 6.35. The average Bonchev–Trinajstić information content (AvgIpc) is 3.16. The summed E-state index contributed by atoms with van der Waals surface area (Å²) in [6.07, 6.45) is 7.47. The number of anilines is 2. The van der Waals surface area contributed by atoms with Crippen LogP contribution in [-0.2, 0) is 21.4 Å². The van der Waals surface area contributed by atoms with Crippen molar-refractivity contribution in [3.05, 3.63) is 55.1 Å². The number of hydrogen-bond acceptors (Lipinski definition) is 7. The van der Waals surface area contributed by atoms with Gasteiger partial charge in [0.1, 0.15) is 0 Å². The number of carbonyl (C=O) groups excluding carboxylic acids is 1. The highest BCUT2D eigenvalue weighted by molar-refractivity contribution is 8.00. The van der Waals surface area contributed by atoms with Crippen LogP contribution in [0.5, 0.6) is 0 Å². The van der Waals surface area contributed by atoms with Crippen molar-refractivity contribution in [1.29, 1.82) is 0 Å². The van der Waals surface area contributed by atoms with Gasteiger partial charge in [0, 0.05) is 37.0 Å². The molecule has 0 radical (unpaired) electrons. The van der Waals surface area contributed by atoms with Crippen molar-refractivity contribution in [2.75, 3.05) is 10.0 Å². The van der Waals surface area contributed by atoms with Gasteiger partial charge in [-0.1, -0.05) is 18.7 Å². The molecule has 0 saturated carbocycles. The Labute approximate surface area is 179 Å². The molecule has 0 aliphatic carbocycles. The maximum Gasteiger partial charge on any atom is 0.264 e. The number of benzene rings is 1. The molecule has 0 bridgehead atoms. The van der Waals surface area contributed by atoms with Gasteiger partial charge in [0.15, 0.2) is 5.16 Å². The minimum absolute atomic E-state index is 0.0119. The average molecular weight is 447 g/mol. The number of thioether (sulfide) groups is 1. The van der Waals surface area contributed by atoms with E-state index in [4.69, 9.17) is 0 Å². The molecule has 3 rings (SSSR count). The number of imidazole rings is 1. The number of nitrogens with one attached hydrogen (secondary N) is 2. The predicted molar refractivity (Wildman–Crippen MR) is 116 cm³/mol. The molecule has 1 atom stereocenters. The quantitative estimate of drug-likeness (QED) is 0.485. The minimum Gasteiger partial charge on any atom is -0.326 e. The topological polar surface area (TPSA) is 119 Å². The maximum atomic E-state index is 12.5. The Hall–Kier alpha value is -2.92. The molecule has 30 heavy (non-hydrogen) atoms. The number of hydrogen-bond donors (Lipinski definition) is 2. The third kappa shape index (κ3) is 5.57. The third-order valence-electron chi connectivity index (χ3n) is 4.02. The number of amides is 1. The summed E-state index contributed by atoms with van der Waals surface area (Å²) in [4.78, 5) is 24.5. The summed E-state index contributed by atoms with van der Waals surface area (Å²) in [7, 11) is -3.82. The summed E-state index contributed by atoms with van der Waals surface area (Å²) in [5.41, 5.74) is 0.499. The van der Waals surface area contributed by atoms with Crippen LogP contribution in [0.1, 0.15) is 20.3 Å². The highest BCUT2D eigenvalue weighted by Gasteiger charge is 2.19. The molecule has 1 amide bonds. The SMILES string of the molecule is CCCn1ccnc1SC(C)C(=O)Nc1ccc(S(=O)(=O)Nc2ncccn2)cc1. The van der Waals surface area contributed by atoms with Crippen molar-refractivity contribution in [2.45, 2.75) is 42.1 Å². The first-order valence-electron chi connectivity index (χ1n) is 9.27. The fraction of sp³-hybridized carbons (Fsp3) is 0.263. The van der Waals surface area contributed by atoms with E-state index in [9.17, 15) is 13.2 Å². The van der Waals surface area contributed by atoms with Crippen LogP contribution in [0.2, 0.25) is 0 Å². The highest BCUT2D eigenvalue weighted by atomic mass is 32.2. The number of carbonyl (C=O) groups is 1. The smallest absolute Gasteiger partial charge is 0.264 e. The van der Waals surface area contributed by atoms with Gasteiger partial charge in [0.25, 0.3) is 10.0 Å². The molecule has 0 spiro atoms. The van der Waals surface area contributed by atoms with Gasteiger partial charge in [-0.15, -0.1) is 0 Å². The Kier molecular flexibility index (Phi) is 7.06. The third-order valence-corrected chi connectivity index (χ3v) is 6.48. The standard InChI is InChI=1S/C19H22N6O3S2/c1-3-12-25-13-11-22-19(25)29-14(2)17(26)23-15-5-7-16(8-6-15)30(27,28)24-18-20-9-4-10-21-18/h4-11,13-14H,3,12H2,1-2H3,(H,23,26)(H,20,21,24). The van der Waals surface area contributed by atoms with E-state index in [1.54, 1.807) is 19.2 Å². The van der Waals surface area contributed by atoms with Gasteiger partial charge in [0.05, 0.1) is 10.1 Å². The molecular formula is C19H22N6O3S2. The van der Waals surface area contributed by atoms with Crippen LogP contribution in [0, 0.1) is 0 Å². The first-order chi connectivity index (χ1) is 14.4. The van der Waals surface area contributed by atoms with Crippen molar-refractivity contribution < 1.29 is 13.2 Å². The van der Waals surface area contributed by atoms with Gasteiger partial charge in [-0.3, -0.25) is 4.79 Å². The van der Waals surface area contributed by atoms with Crippen LogP contribution in [0.3, 0.4) is 0 Å². The van der Waals surface area contributed by atoms with Gasteiger partial charge in [-0.05, 0) is 43.7 Å². The molecule has 11 heteroatoms. The largest absolute Gasteiger partial charge is 0.326 e. The molecule has 3 aromatic rings. The first kappa shape index (κ1) is 21.8. The Morgan fingerprint density at radius 1 is 1.13 bits per heavy atom. The van der Waals surface area contributed by atoms with E-state index in [0.29, 0.717) is 5.69 Å². The summed E-state index contributed by atoms with van der Waals surface area (Å²) in [6, 6.07) is 7.48.